The van der Waals surface area contributed by atoms with Crippen LogP contribution in [-0.4, -0.2) is 39.6 Å². The molecule has 0 radical (unpaired) electrons. The predicted octanol–water partition coefficient (Wildman–Crippen LogP) is 3.74. The van der Waals surface area contributed by atoms with Crippen molar-refractivity contribution < 1.29 is 14.3 Å². The van der Waals surface area contributed by atoms with Gasteiger partial charge in [0, 0.05) is 18.9 Å². The lowest BCUT2D eigenvalue weighted by molar-refractivity contribution is -0.153. The van der Waals surface area contributed by atoms with Gasteiger partial charge in [0.1, 0.15) is 0 Å². The van der Waals surface area contributed by atoms with E-state index in [1.165, 1.54) is 0 Å². The van der Waals surface area contributed by atoms with Crippen molar-refractivity contribution in [3.05, 3.63) is 54.4 Å². The Hall–Kier alpha value is -3.22. The number of nitrogens with zero attached hydrogens (tertiary/aromatic N) is 4. The van der Waals surface area contributed by atoms with Crippen LogP contribution in [0.2, 0.25) is 0 Å². The average Bonchev–Trinajstić information content (AvgIpc) is 3.14. The molecule has 7 nitrogen and oxygen atoms in total. The second kappa shape index (κ2) is 8.65. The first-order valence-electron chi connectivity index (χ1n) is 10.5. The molecule has 0 aliphatic carbocycles. The Morgan fingerprint density at radius 3 is 2.60 bits per heavy atom. The SMILES string of the molecule is CCCCCN1C(=O)[C@@H](C(=O)OCC)[C@@H](c2ccncc2)n2c1nc1ccccc12. The van der Waals surface area contributed by atoms with Crippen molar-refractivity contribution in [1.29, 1.82) is 0 Å². The summed E-state index contributed by atoms with van der Waals surface area (Å²) < 4.78 is 7.36. The zero-order chi connectivity index (χ0) is 21.1. The molecule has 2 atom stereocenters. The molecule has 1 amide bonds. The van der Waals surface area contributed by atoms with Crippen LogP contribution in [0.5, 0.6) is 0 Å². The lowest BCUT2D eigenvalue weighted by Crippen LogP contribution is -2.50. The number of hydrogen-bond donors (Lipinski definition) is 0. The van der Waals surface area contributed by atoms with E-state index in [4.69, 9.17) is 9.72 Å². The highest BCUT2D eigenvalue weighted by atomic mass is 16.5. The van der Waals surface area contributed by atoms with Crippen LogP contribution in [-0.2, 0) is 14.3 Å². The van der Waals surface area contributed by atoms with Crippen LogP contribution in [0.4, 0.5) is 5.95 Å². The van der Waals surface area contributed by atoms with Crippen molar-refractivity contribution >= 4 is 28.9 Å². The molecule has 0 fully saturated rings. The van der Waals surface area contributed by atoms with Crippen LogP contribution < -0.4 is 4.90 Å². The van der Waals surface area contributed by atoms with Gasteiger partial charge in [0.2, 0.25) is 11.9 Å². The highest BCUT2D eigenvalue weighted by molar-refractivity contribution is 6.08. The number of esters is 1. The van der Waals surface area contributed by atoms with Gasteiger partial charge in [-0.3, -0.25) is 19.5 Å². The van der Waals surface area contributed by atoms with Crippen molar-refractivity contribution in [2.75, 3.05) is 18.1 Å². The molecule has 0 spiro atoms. The fourth-order valence-electron chi connectivity index (χ4n) is 4.14. The van der Waals surface area contributed by atoms with Crippen LogP contribution in [0.1, 0.15) is 44.7 Å². The topological polar surface area (TPSA) is 77.3 Å². The van der Waals surface area contributed by atoms with Crippen LogP contribution in [0.15, 0.2) is 48.8 Å². The van der Waals surface area contributed by atoms with E-state index in [1.54, 1.807) is 24.2 Å². The summed E-state index contributed by atoms with van der Waals surface area (Å²) in [6.45, 7) is 4.62. The smallest absolute Gasteiger partial charge is 0.321 e. The normalized spacial score (nSPS) is 18.5. The number of rotatable bonds is 7. The number of carbonyl (C=O) groups excluding carboxylic acids is 2. The summed E-state index contributed by atoms with van der Waals surface area (Å²) in [5.74, 6) is -1.15. The van der Waals surface area contributed by atoms with E-state index in [1.807, 2.05) is 41.0 Å². The van der Waals surface area contributed by atoms with Gasteiger partial charge in [0.25, 0.3) is 0 Å². The van der Waals surface area contributed by atoms with Crippen LogP contribution in [0, 0.1) is 5.92 Å². The van der Waals surface area contributed by atoms with E-state index in [0.29, 0.717) is 12.5 Å². The van der Waals surface area contributed by atoms with Crippen LogP contribution in [0.25, 0.3) is 11.0 Å². The molecule has 1 aliphatic heterocycles. The second-order valence-electron chi connectivity index (χ2n) is 7.42. The van der Waals surface area contributed by atoms with Gasteiger partial charge in [-0.25, -0.2) is 4.98 Å². The molecular formula is C23H26N4O3. The largest absolute Gasteiger partial charge is 0.465 e. The van der Waals surface area contributed by atoms with E-state index in [-0.39, 0.29) is 12.5 Å². The quantitative estimate of drug-likeness (QED) is 0.339. The van der Waals surface area contributed by atoms with Crippen molar-refractivity contribution in [1.82, 2.24) is 14.5 Å². The number of unbranched alkanes of at least 4 members (excludes halogenated alkanes) is 2. The third-order valence-electron chi connectivity index (χ3n) is 5.52. The van der Waals surface area contributed by atoms with Crippen molar-refractivity contribution in [2.24, 2.45) is 5.92 Å². The molecule has 0 N–H and O–H groups in total. The Morgan fingerprint density at radius 1 is 1.10 bits per heavy atom. The summed E-state index contributed by atoms with van der Waals surface area (Å²) in [6, 6.07) is 10.9. The maximum atomic E-state index is 13.6. The second-order valence-corrected chi connectivity index (χ2v) is 7.42. The number of hydrogen-bond acceptors (Lipinski definition) is 5. The Balaban J connectivity index is 1.93. The first-order valence-corrected chi connectivity index (χ1v) is 10.5. The fourth-order valence-corrected chi connectivity index (χ4v) is 4.14. The number of para-hydroxylation sites is 2. The number of aromatic nitrogens is 3. The number of amides is 1. The van der Waals surface area contributed by atoms with Gasteiger partial charge in [0.15, 0.2) is 5.92 Å². The maximum absolute atomic E-state index is 13.6. The van der Waals surface area contributed by atoms with Gasteiger partial charge >= 0.3 is 5.97 Å². The van der Waals surface area contributed by atoms with E-state index >= 15 is 0 Å². The Kier molecular flexibility index (Phi) is 5.79. The summed E-state index contributed by atoms with van der Waals surface area (Å²) in [5, 5.41) is 0. The number of carbonyl (C=O) groups is 2. The lowest BCUT2D eigenvalue weighted by atomic mass is 9.90. The first kappa shape index (κ1) is 20.1. The number of ether oxygens (including phenoxy) is 1. The molecule has 1 aliphatic rings. The minimum absolute atomic E-state index is 0.221. The number of fused-ring (bicyclic) bond motifs is 3. The molecule has 156 valence electrons. The van der Waals surface area contributed by atoms with Gasteiger partial charge < -0.3 is 9.30 Å². The zero-order valence-corrected chi connectivity index (χ0v) is 17.3. The first-order chi connectivity index (χ1) is 14.7. The zero-order valence-electron chi connectivity index (χ0n) is 17.3. The van der Waals surface area contributed by atoms with Gasteiger partial charge in [-0.1, -0.05) is 31.9 Å². The van der Waals surface area contributed by atoms with E-state index in [9.17, 15) is 9.59 Å². The van der Waals surface area contributed by atoms with Crippen LogP contribution in [0.3, 0.4) is 0 Å². The van der Waals surface area contributed by atoms with Gasteiger partial charge in [-0.2, -0.15) is 0 Å². The summed E-state index contributed by atoms with van der Waals surface area (Å²) in [5.41, 5.74) is 2.51. The van der Waals surface area contributed by atoms with Crippen molar-refractivity contribution in [3.8, 4) is 0 Å². The standard InChI is InChI=1S/C23H26N4O3/c1-3-5-8-15-26-21(28)19(22(29)30-4-2)20(16-11-13-24-14-12-16)27-18-10-7-6-9-17(18)25-23(26)27/h6-7,9-14,19-20H,3-5,8,15H2,1-2H3/t19-,20+/m0/s1. The lowest BCUT2D eigenvalue weighted by Gasteiger charge is -2.37. The van der Waals surface area contributed by atoms with Crippen molar-refractivity contribution in [2.45, 2.75) is 39.2 Å². The van der Waals surface area contributed by atoms with E-state index in [0.717, 1.165) is 35.9 Å². The highest BCUT2D eigenvalue weighted by Crippen LogP contribution is 2.41. The summed E-state index contributed by atoms with van der Waals surface area (Å²) in [7, 11) is 0. The monoisotopic (exact) mass is 406 g/mol. The van der Waals surface area contributed by atoms with E-state index < -0.39 is 17.9 Å². The molecule has 30 heavy (non-hydrogen) atoms. The Bertz CT molecular complexity index is 1050. The molecule has 0 unspecified atom stereocenters. The van der Waals surface area contributed by atoms with E-state index in [2.05, 4.69) is 11.9 Å². The number of pyridine rings is 1. The molecular weight excluding hydrogens is 380 g/mol. The summed E-state index contributed by atoms with van der Waals surface area (Å²) in [6.07, 6.45) is 6.24. The molecule has 1 aromatic carbocycles. The molecule has 2 aromatic heterocycles. The van der Waals surface area contributed by atoms with Gasteiger partial charge in [-0.15, -0.1) is 0 Å². The average molecular weight is 406 g/mol. The maximum Gasteiger partial charge on any atom is 0.321 e. The minimum atomic E-state index is -0.973. The third-order valence-corrected chi connectivity index (χ3v) is 5.52. The van der Waals surface area contributed by atoms with Gasteiger partial charge in [0.05, 0.1) is 23.7 Å². The highest BCUT2D eigenvalue weighted by Gasteiger charge is 2.47. The molecule has 3 aromatic rings. The minimum Gasteiger partial charge on any atom is -0.465 e. The summed E-state index contributed by atoms with van der Waals surface area (Å²) in [4.78, 5) is 37.2. The molecule has 4 rings (SSSR count). The molecule has 0 bridgehead atoms. The molecule has 3 heterocycles. The number of benzene rings is 1. The Labute approximate surface area is 175 Å². The number of imidazole rings is 1. The van der Waals surface area contributed by atoms with Crippen LogP contribution >= 0.6 is 0 Å². The van der Waals surface area contributed by atoms with Gasteiger partial charge in [-0.05, 0) is 43.2 Å². The number of anilines is 1. The predicted molar refractivity (Wildman–Crippen MR) is 114 cm³/mol. The molecule has 0 saturated heterocycles. The molecule has 0 saturated carbocycles. The summed E-state index contributed by atoms with van der Waals surface area (Å²) >= 11 is 0. The Morgan fingerprint density at radius 2 is 1.87 bits per heavy atom. The third kappa shape index (κ3) is 3.44. The molecule has 7 heteroatoms. The fraction of sp³-hybridized carbons (Fsp3) is 0.391. The van der Waals surface area contributed by atoms with Crippen molar-refractivity contribution in [3.63, 3.8) is 0 Å².